The zero-order valence-electron chi connectivity index (χ0n) is 12.1. The van der Waals surface area contributed by atoms with Gasteiger partial charge in [-0.2, -0.15) is 5.10 Å². The number of carbonyl (C=O) groups is 1. The number of nitrogens with zero attached hydrogens (tertiary/aromatic N) is 4. The molecule has 1 amide bonds. The van der Waals surface area contributed by atoms with Crippen molar-refractivity contribution in [3.63, 3.8) is 0 Å². The van der Waals surface area contributed by atoms with E-state index < -0.39 is 0 Å². The summed E-state index contributed by atoms with van der Waals surface area (Å²) in [5.74, 6) is -0.240. The second kappa shape index (κ2) is 5.64. The summed E-state index contributed by atoms with van der Waals surface area (Å²) in [5, 5.41) is 11.8. The van der Waals surface area contributed by atoms with Crippen LogP contribution in [0.2, 0.25) is 0 Å². The number of carbonyl (C=O) groups excluding carboxylic acids is 1. The zero-order chi connectivity index (χ0) is 15.7. The van der Waals surface area contributed by atoms with Gasteiger partial charge in [-0.15, -0.1) is 16.4 Å². The summed E-state index contributed by atoms with van der Waals surface area (Å²) in [4.78, 5) is 21.4. The van der Waals surface area contributed by atoms with Gasteiger partial charge in [0.15, 0.2) is 0 Å². The van der Waals surface area contributed by atoms with Crippen LogP contribution in [0.15, 0.2) is 18.6 Å². The predicted octanol–water partition coefficient (Wildman–Crippen LogP) is 1.61. The predicted molar refractivity (Wildman–Crippen MR) is 84.5 cm³/mol. The number of amides is 1. The second-order valence-electron chi connectivity index (χ2n) is 4.82. The fourth-order valence-electron chi connectivity index (χ4n) is 2.08. The number of thiophene rings is 1. The van der Waals surface area contributed by atoms with Crippen LogP contribution in [0.4, 0.5) is 5.69 Å². The molecule has 0 aliphatic heterocycles. The van der Waals surface area contributed by atoms with Crippen molar-refractivity contribution in [3.05, 3.63) is 40.4 Å². The third kappa shape index (κ3) is 2.48. The molecule has 7 nitrogen and oxygen atoms in total. The van der Waals surface area contributed by atoms with Gasteiger partial charge in [-0.25, -0.2) is 9.97 Å². The summed E-state index contributed by atoms with van der Waals surface area (Å²) in [6.45, 7) is 4.12. The summed E-state index contributed by atoms with van der Waals surface area (Å²) in [6, 6.07) is 1.74. The quantitative estimate of drug-likeness (QED) is 0.760. The molecule has 0 spiro atoms. The van der Waals surface area contributed by atoms with Crippen molar-refractivity contribution in [2.24, 2.45) is 0 Å². The SMILES string of the molecule is Cc1nnc2sc(C(=O)NCc3ccncn3)c(N)c2c1C. The van der Waals surface area contributed by atoms with E-state index in [4.69, 9.17) is 5.73 Å². The second-order valence-corrected chi connectivity index (χ2v) is 5.82. The normalized spacial score (nSPS) is 10.8. The molecule has 3 rings (SSSR count). The lowest BCUT2D eigenvalue weighted by Crippen LogP contribution is -2.23. The highest BCUT2D eigenvalue weighted by Crippen LogP contribution is 2.34. The van der Waals surface area contributed by atoms with Crippen molar-refractivity contribution in [2.45, 2.75) is 20.4 Å². The lowest BCUT2D eigenvalue weighted by atomic mass is 10.1. The van der Waals surface area contributed by atoms with Gasteiger partial charge >= 0.3 is 0 Å². The van der Waals surface area contributed by atoms with E-state index in [1.54, 1.807) is 12.3 Å². The molecule has 8 heteroatoms. The van der Waals surface area contributed by atoms with Crippen molar-refractivity contribution in [3.8, 4) is 0 Å². The Morgan fingerprint density at radius 2 is 2.18 bits per heavy atom. The molecule has 0 saturated heterocycles. The monoisotopic (exact) mass is 314 g/mol. The minimum Gasteiger partial charge on any atom is -0.397 e. The molecule has 3 aromatic rings. The molecule has 3 heterocycles. The molecule has 3 aromatic heterocycles. The lowest BCUT2D eigenvalue weighted by molar-refractivity contribution is 0.0955. The fraction of sp³-hybridized carbons (Fsp3) is 0.214. The third-order valence-electron chi connectivity index (χ3n) is 3.41. The molecular formula is C14H14N6OS. The maximum absolute atomic E-state index is 12.3. The zero-order valence-corrected chi connectivity index (χ0v) is 12.9. The highest BCUT2D eigenvalue weighted by Gasteiger charge is 2.19. The van der Waals surface area contributed by atoms with Gasteiger partial charge in [-0.3, -0.25) is 4.79 Å². The number of fused-ring (bicyclic) bond motifs is 1. The van der Waals surface area contributed by atoms with E-state index in [1.165, 1.54) is 17.7 Å². The van der Waals surface area contributed by atoms with Crippen LogP contribution < -0.4 is 11.1 Å². The van der Waals surface area contributed by atoms with Gasteiger partial charge in [0.25, 0.3) is 5.91 Å². The maximum Gasteiger partial charge on any atom is 0.263 e. The largest absolute Gasteiger partial charge is 0.397 e. The van der Waals surface area contributed by atoms with Gasteiger partial charge < -0.3 is 11.1 Å². The molecule has 0 aliphatic carbocycles. The van der Waals surface area contributed by atoms with Crippen LogP contribution in [0.5, 0.6) is 0 Å². The molecule has 0 atom stereocenters. The highest BCUT2D eigenvalue weighted by atomic mass is 32.1. The standard InChI is InChI=1S/C14H14N6OS/c1-7-8(2)19-20-14-10(7)11(15)12(22-14)13(21)17-5-9-3-4-16-6-18-9/h3-4,6H,5,15H2,1-2H3,(H,17,21). The van der Waals surface area contributed by atoms with Crippen LogP contribution in [-0.4, -0.2) is 26.1 Å². The first-order valence-electron chi connectivity index (χ1n) is 6.63. The van der Waals surface area contributed by atoms with Crippen LogP contribution in [-0.2, 0) is 6.54 Å². The number of nitrogens with two attached hydrogens (primary N) is 1. The van der Waals surface area contributed by atoms with Gasteiger partial charge in [-0.1, -0.05) is 0 Å². The number of rotatable bonds is 3. The van der Waals surface area contributed by atoms with Crippen molar-refractivity contribution < 1.29 is 4.79 Å². The van der Waals surface area contributed by atoms with Gasteiger partial charge in [0.1, 0.15) is 16.0 Å². The van der Waals surface area contributed by atoms with Crippen molar-refractivity contribution in [1.29, 1.82) is 0 Å². The number of nitrogen functional groups attached to an aromatic ring is 1. The number of aryl methyl sites for hydroxylation is 2. The van der Waals surface area contributed by atoms with Crippen LogP contribution in [0.25, 0.3) is 10.2 Å². The minimum absolute atomic E-state index is 0.240. The molecule has 22 heavy (non-hydrogen) atoms. The van der Waals surface area contributed by atoms with E-state index in [0.717, 1.165) is 22.3 Å². The van der Waals surface area contributed by atoms with E-state index in [0.29, 0.717) is 21.9 Å². The van der Waals surface area contributed by atoms with Crippen molar-refractivity contribution >= 4 is 33.1 Å². The van der Waals surface area contributed by atoms with Gasteiger partial charge in [0.05, 0.1) is 23.6 Å². The fourth-order valence-corrected chi connectivity index (χ4v) is 3.10. The minimum atomic E-state index is -0.240. The third-order valence-corrected chi connectivity index (χ3v) is 4.50. The number of nitrogens with one attached hydrogen (secondary N) is 1. The maximum atomic E-state index is 12.3. The van der Waals surface area contributed by atoms with Gasteiger partial charge in [0, 0.05) is 11.6 Å². The Morgan fingerprint density at radius 3 is 2.91 bits per heavy atom. The first-order chi connectivity index (χ1) is 10.6. The molecule has 0 radical (unpaired) electrons. The first-order valence-corrected chi connectivity index (χ1v) is 7.44. The first kappa shape index (κ1) is 14.3. The average molecular weight is 314 g/mol. The molecule has 0 fully saturated rings. The van der Waals surface area contributed by atoms with Crippen molar-refractivity contribution in [1.82, 2.24) is 25.5 Å². The van der Waals surface area contributed by atoms with E-state index in [9.17, 15) is 4.79 Å². The Hall–Kier alpha value is -2.61. The highest BCUT2D eigenvalue weighted by molar-refractivity contribution is 7.21. The topological polar surface area (TPSA) is 107 Å². The van der Waals surface area contributed by atoms with E-state index in [2.05, 4.69) is 25.5 Å². The number of anilines is 1. The van der Waals surface area contributed by atoms with Gasteiger partial charge in [-0.05, 0) is 25.5 Å². The summed E-state index contributed by atoms with van der Waals surface area (Å²) >= 11 is 1.25. The smallest absolute Gasteiger partial charge is 0.263 e. The molecule has 0 bridgehead atoms. The molecule has 0 unspecified atom stereocenters. The van der Waals surface area contributed by atoms with E-state index in [-0.39, 0.29) is 5.91 Å². The number of hydrogen-bond acceptors (Lipinski definition) is 7. The van der Waals surface area contributed by atoms with Crippen LogP contribution in [0, 0.1) is 13.8 Å². The van der Waals surface area contributed by atoms with Crippen LogP contribution >= 0.6 is 11.3 Å². The Balaban J connectivity index is 1.88. The lowest BCUT2D eigenvalue weighted by Gasteiger charge is -2.04. The Bertz CT molecular complexity index is 845. The average Bonchev–Trinajstić information content (AvgIpc) is 2.87. The molecule has 112 valence electrons. The summed E-state index contributed by atoms with van der Waals surface area (Å²) in [7, 11) is 0. The van der Waals surface area contributed by atoms with E-state index >= 15 is 0 Å². The Morgan fingerprint density at radius 1 is 1.36 bits per heavy atom. The van der Waals surface area contributed by atoms with Crippen LogP contribution in [0.1, 0.15) is 26.6 Å². The Kier molecular flexibility index (Phi) is 3.68. The summed E-state index contributed by atoms with van der Waals surface area (Å²) < 4.78 is 0. The molecule has 0 aliphatic rings. The molecule has 0 saturated carbocycles. The summed E-state index contributed by atoms with van der Waals surface area (Å²) in [5.41, 5.74) is 9.08. The number of aromatic nitrogens is 4. The molecule has 0 aromatic carbocycles. The van der Waals surface area contributed by atoms with E-state index in [1.807, 2.05) is 13.8 Å². The summed E-state index contributed by atoms with van der Waals surface area (Å²) in [6.07, 6.45) is 3.07. The molecule has 3 N–H and O–H groups in total. The number of hydrogen-bond donors (Lipinski definition) is 2. The Labute approximate surface area is 130 Å². The van der Waals surface area contributed by atoms with Crippen molar-refractivity contribution in [2.75, 3.05) is 5.73 Å². The molecular weight excluding hydrogens is 300 g/mol. The van der Waals surface area contributed by atoms with Gasteiger partial charge in [0.2, 0.25) is 0 Å². The van der Waals surface area contributed by atoms with Crippen LogP contribution in [0.3, 0.4) is 0 Å².